The summed E-state index contributed by atoms with van der Waals surface area (Å²) in [5.41, 5.74) is 0. The van der Waals surface area contributed by atoms with Gasteiger partial charge in [0.25, 0.3) is 0 Å². The Balaban J connectivity index is -0.00000000762. The van der Waals surface area contributed by atoms with Crippen LogP contribution in [-0.2, 0) is 16.5 Å². The maximum Gasteiger partial charge on any atom is 0 e. The summed E-state index contributed by atoms with van der Waals surface area (Å²) in [6.45, 7) is 0. The molecule has 0 atom stereocenters. The topological polar surface area (TPSA) is 403 Å². The van der Waals surface area contributed by atoms with Crippen molar-refractivity contribution in [2.75, 3.05) is 0 Å². The molecule has 0 aliphatic heterocycles. The molecule has 0 rings (SSSR count). The molecular formula is H24N8NiO8. The second-order valence-electron chi connectivity index (χ2n) is 0.894. The zero-order chi connectivity index (χ0) is 9.00. The van der Waals surface area contributed by atoms with Crippen LogP contribution in [0.5, 0.6) is 0 Å². The summed E-state index contributed by atoms with van der Waals surface area (Å²) in [5.74, 6) is 0. The molecule has 0 aromatic rings. The fraction of sp³-hybridized carbons (Fsp3) is 0. The van der Waals surface area contributed by atoms with Gasteiger partial charge in [-0.3, -0.25) is 0 Å². The number of hydrogen-bond donors (Lipinski definition) is 6. The predicted octanol–water partition coefficient (Wildman–Crippen LogP) is 1.84. The van der Waals surface area contributed by atoms with Crippen LogP contribution in [0.2, 0.25) is 0 Å². The van der Waals surface area contributed by atoms with E-state index < -0.39 is 10.3 Å². The first-order chi connectivity index (χ1) is 4.00. The molecule has 0 amide bonds. The molecule has 16 nitrogen and oxygen atoms in total. The third-order valence-electron chi connectivity index (χ3n) is 0. The minimum atomic E-state index is -4.00. The summed E-state index contributed by atoms with van der Waals surface area (Å²) in [5, 5.41) is 59.0. The van der Waals surface area contributed by atoms with Gasteiger partial charge in [0.05, 0.1) is 0 Å². The van der Waals surface area contributed by atoms with Crippen LogP contribution >= 0.6 is 0 Å². The summed E-state index contributed by atoms with van der Waals surface area (Å²) in [6.07, 6.45) is 0. The quantitative estimate of drug-likeness (QED) is 0.216. The predicted molar refractivity (Wildman–Crippen MR) is 63.4 cm³/mol. The fourth-order valence-corrected chi connectivity index (χ4v) is 0. The van der Waals surface area contributed by atoms with E-state index in [1.54, 1.807) is 0 Å². The molecule has 0 aromatic heterocycles. The summed E-state index contributed by atoms with van der Waals surface area (Å²) < 4.78 is 0. The Labute approximate surface area is 106 Å². The van der Waals surface area contributed by atoms with Crippen molar-refractivity contribution in [1.29, 1.82) is 0 Å². The minimum absolute atomic E-state index is 0. The normalized spacial score (nSPS) is 7.06. The molecule has 0 spiro atoms. The van der Waals surface area contributed by atoms with E-state index in [1.807, 2.05) is 0 Å². The number of hydrogen-bond acceptors (Lipinski definition) is 8. The Kier molecular flexibility index (Phi) is 101. The molecule has 0 heterocycles. The number of rotatable bonds is 0. The maximum atomic E-state index is 8.38. The largest absolute Gasteiger partial charge is 0.629 e. The van der Waals surface area contributed by atoms with Gasteiger partial charge in [-0.2, -0.15) is 0 Å². The first kappa shape index (κ1) is 68.7. The summed E-state index contributed by atoms with van der Waals surface area (Å²) in [7, 11) is 0. The standard InChI is InChI=1S/2NO4.6H3N.Ni/c2*2-1(3,4)5;;;;;;;/h;;6*1H3;/q2*-3;;;;;;;/p+6. The van der Waals surface area contributed by atoms with E-state index in [4.69, 9.17) is 41.7 Å². The molecule has 0 aliphatic carbocycles. The third kappa shape index (κ3) is 142000. The Morgan fingerprint density at radius 3 is 0.353 bits per heavy atom. The molecule has 0 radical (unpaired) electrons. The van der Waals surface area contributed by atoms with Crippen molar-refractivity contribution in [2.45, 2.75) is 0 Å². The molecule has 122 valence electrons. The van der Waals surface area contributed by atoms with Crippen molar-refractivity contribution in [3.63, 3.8) is 0 Å². The van der Waals surface area contributed by atoms with E-state index >= 15 is 0 Å². The molecule has 24 N–H and O–H groups in total. The summed E-state index contributed by atoms with van der Waals surface area (Å²) >= 11 is 0. The molecule has 0 saturated carbocycles. The monoisotopic (exact) mass is 322 g/mol. The van der Waals surface area contributed by atoms with Crippen LogP contribution in [0.4, 0.5) is 0 Å². The third-order valence-corrected chi connectivity index (χ3v) is 0. The van der Waals surface area contributed by atoms with Gasteiger partial charge in [-0.1, -0.05) is 0 Å². The van der Waals surface area contributed by atoms with Gasteiger partial charge in [0.2, 0.25) is 0 Å². The van der Waals surface area contributed by atoms with Crippen LogP contribution in [0.15, 0.2) is 0 Å². The first-order valence-electron chi connectivity index (χ1n) is 1.46. The Morgan fingerprint density at radius 1 is 0.353 bits per heavy atom. The van der Waals surface area contributed by atoms with Gasteiger partial charge >= 0.3 is 0 Å². The number of nitrogens with zero attached hydrogens (tertiary/aromatic N) is 2. The van der Waals surface area contributed by atoms with E-state index in [-0.39, 0.29) is 53.4 Å². The zero-order valence-electron chi connectivity index (χ0n) is 10.5. The first-order valence-corrected chi connectivity index (χ1v) is 1.46. The van der Waals surface area contributed by atoms with Crippen molar-refractivity contribution in [3.8, 4) is 0 Å². The Bertz CT molecular complexity index is 64.5. The fourth-order valence-electron chi connectivity index (χ4n) is 0. The van der Waals surface area contributed by atoms with Crippen molar-refractivity contribution in [2.24, 2.45) is 0 Å². The summed E-state index contributed by atoms with van der Waals surface area (Å²) in [4.78, 5) is 0. The van der Waals surface area contributed by atoms with E-state index in [2.05, 4.69) is 0 Å². The van der Waals surface area contributed by atoms with Crippen LogP contribution in [0.25, 0.3) is 0 Å². The van der Waals surface area contributed by atoms with Crippen molar-refractivity contribution in [3.05, 3.63) is 41.7 Å². The van der Waals surface area contributed by atoms with Gasteiger partial charge in [0.1, 0.15) is 0 Å². The zero-order valence-corrected chi connectivity index (χ0v) is 11.5. The summed E-state index contributed by atoms with van der Waals surface area (Å²) in [6, 6.07) is 0. The molecule has 0 bridgehead atoms. The molecular weight excluding hydrogens is 299 g/mol. The molecule has 0 aliphatic rings. The van der Waals surface area contributed by atoms with Gasteiger partial charge < -0.3 is 88.8 Å². The Hall–Kier alpha value is -0.146. The van der Waals surface area contributed by atoms with Gasteiger partial charge in [-0.05, 0) is 0 Å². The maximum absolute atomic E-state index is 8.38. The van der Waals surface area contributed by atoms with E-state index in [9.17, 15) is 0 Å². The van der Waals surface area contributed by atoms with Crippen LogP contribution in [0.1, 0.15) is 0 Å². The van der Waals surface area contributed by atoms with E-state index in [1.165, 1.54) is 0 Å². The molecule has 0 aromatic carbocycles. The van der Waals surface area contributed by atoms with Crippen molar-refractivity contribution in [1.82, 2.24) is 36.9 Å². The van der Waals surface area contributed by atoms with Gasteiger partial charge in [-0.15, -0.1) is 0 Å². The minimum Gasteiger partial charge on any atom is -0.629 e. The molecule has 0 fully saturated rings. The second-order valence-corrected chi connectivity index (χ2v) is 0.894. The van der Waals surface area contributed by atoms with Crippen molar-refractivity contribution < 1.29 is 26.8 Å². The van der Waals surface area contributed by atoms with Crippen LogP contribution in [0, 0.1) is 41.7 Å². The smallest absolute Gasteiger partial charge is 0 e. The van der Waals surface area contributed by atoms with Crippen LogP contribution in [0.3, 0.4) is 0 Å². The number of quaternary nitrogens is 8. The van der Waals surface area contributed by atoms with Gasteiger partial charge in [0.15, 0.2) is 0 Å². The molecule has 0 saturated heterocycles. The van der Waals surface area contributed by atoms with E-state index in [0.717, 1.165) is 0 Å². The molecule has 17 heavy (non-hydrogen) atoms. The average molecular weight is 323 g/mol. The Morgan fingerprint density at radius 2 is 0.353 bits per heavy atom. The molecule has 0 unspecified atom stereocenters. The van der Waals surface area contributed by atoms with Gasteiger partial charge in [-0.25, -0.2) is 0 Å². The van der Waals surface area contributed by atoms with E-state index in [0.29, 0.717) is 0 Å². The molecule has 17 heteroatoms. The van der Waals surface area contributed by atoms with Gasteiger partial charge in [0, 0.05) is 16.5 Å². The SMILES string of the molecule is [NH4+].[NH4+].[NH4+].[NH4+].[NH4+].[NH4+].[Ni].[O-][N+]([O-])([O-])[O-].[O-][N+]([O-])([O-])[O-]. The van der Waals surface area contributed by atoms with Crippen LogP contribution in [-0.4, -0.2) is 10.3 Å². The van der Waals surface area contributed by atoms with Crippen molar-refractivity contribution >= 4 is 0 Å². The second kappa shape index (κ2) is 24.9. The average Bonchev–Trinajstić information content (AvgIpc) is 1.12. The van der Waals surface area contributed by atoms with Crippen LogP contribution < -0.4 is 36.9 Å².